The normalized spacial score (nSPS) is 31.2. The Hall–Kier alpha value is -1.87. The Morgan fingerprint density at radius 1 is 1.00 bits per heavy atom. The Bertz CT molecular complexity index is 766. The van der Waals surface area contributed by atoms with Gasteiger partial charge in [-0.2, -0.15) is 0 Å². The van der Waals surface area contributed by atoms with Gasteiger partial charge < -0.3 is 29.6 Å². The van der Waals surface area contributed by atoms with E-state index in [4.69, 9.17) is 18.9 Å². The molecule has 3 aliphatic heterocycles. The minimum Gasteiger partial charge on any atom is -0.485 e. The Morgan fingerprint density at radius 2 is 1.78 bits per heavy atom. The van der Waals surface area contributed by atoms with E-state index in [-0.39, 0.29) is 36.4 Å². The smallest absolute Gasteiger partial charge is 0.315 e. The predicted molar refractivity (Wildman–Crippen MR) is 119 cm³/mol. The lowest BCUT2D eigenvalue weighted by Crippen LogP contribution is -2.51. The second kappa shape index (κ2) is 10.4. The molecule has 3 saturated heterocycles. The highest BCUT2D eigenvalue weighted by Gasteiger charge is 2.49. The fourth-order valence-electron chi connectivity index (χ4n) is 5.24. The number of hydrogen-bond donors (Lipinski definition) is 2. The summed E-state index contributed by atoms with van der Waals surface area (Å²) in [5.41, 5.74) is 1.16. The number of amides is 2. The van der Waals surface area contributed by atoms with E-state index in [2.05, 4.69) is 21.6 Å². The van der Waals surface area contributed by atoms with Crippen molar-refractivity contribution in [3.8, 4) is 5.75 Å². The van der Waals surface area contributed by atoms with Crippen molar-refractivity contribution in [2.75, 3.05) is 39.5 Å². The Balaban J connectivity index is 1.15. The number of carbonyl (C=O) groups excluding carboxylic acids is 1. The standard InChI is InChI=1S/C24H35N3O5/c28-24(25-18-7-2-1-3-8-18)26-19-15-30-23-21(16-31-22(19)23)32-20-9-5-4-6-17(20)14-27-10-12-29-13-11-27/h4-6,9,18-19,21-23H,1-3,7-8,10-16H2,(H2,25,26,28)/t19-,21-,22+,23+/m0/s1. The maximum atomic E-state index is 12.5. The molecule has 0 unspecified atom stereocenters. The molecule has 0 spiro atoms. The third kappa shape index (κ3) is 5.20. The van der Waals surface area contributed by atoms with Gasteiger partial charge in [0.25, 0.3) is 0 Å². The van der Waals surface area contributed by atoms with Crippen molar-refractivity contribution in [1.82, 2.24) is 15.5 Å². The molecule has 1 aliphatic carbocycles. The predicted octanol–water partition coefficient (Wildman–Crippen LogP) is 2.06. The van der Waals surface area contributed by atoms with Crippen LogP contribution in [0, 0.1) is 0 Å². The van der Waals surface area contributed by atoms with Crippen molar-refractivity contribution in [3.05, 3.63) is 29.8 Å². The van der Waals surface area contributed by atoms with Crippen LogP contribution in [0.1, 0.15) is 37.7 Å². The first-order valence-corrected chi connectivity index (χ1v) is 12.1. The average molecular weight is 446 g/mol. The highest BCUT2D eigenvalue weighted by atomic mass is 16.6. The fraction of sp³-hybridized carbons (Fsp3) is 0.708. The van der Waals surface area contributed by atoms with E-state index in [0.29, 0.717) is 13.2 Å². The van der Waals surface area contributed by atoms with Crippen LogP contribution in [0.3, 0.4) is 0 Å². The Morgan fingerprint density at radius 3 is 2.62 bits per heavy atom. The van der Waals surface area contributed by atoms with Crippen LogP contribution in [0.5, 0.6) is 5.75 Å². The third-order valence-electron chi connectivity index (χ3n) is 7.01. The zero-order valence-electron chi connectivity index (χ0n) is 18.7. The van der Waals surface area contributed by atoms with Gasteiger partial charge in [0.05, 0.1) is 32.5 Å². The van der Waals surface area contributed by atoms with Gasteiger partial charge in [-0.15, -0.1) is 0 Å². The van der Waals surface area contributed by atoms with E-state index < -0.39 is 0 Å². The number of fused-ring (bicyclic) bond motifs is 1. The molecule has 5 rings (SSSR count). The maximum Gasteiger partial charge on any atom is 0.315 e. The number of ether oxygens (including phenoxy) is 4. The molecule has 32 heavy (non-hydrogen) atoms. The molecule has 8 nitrogen and oxygen atoms in total. The molecule has 0 aromatic heterocycles. The third-order valence-corrected chi connectivity index (χ3v) is 7.01. The van der Waals surface area contributed by atoms with E-state index in [1.165, 1.54) is 19.3 Å². The van der Waals surface area contributed by atoms with Gasteiger partial charge in [-0.05, 0) is 18.9 Å². The fourth-order valence-corrected chi connectivity index (χ4v) is 5.24. The maximum absolute atomic E-state index is 12.5. The zero-order valence-corrected chi connectivity index (χ0v) is 18.7. The van der Waals surface area contributed by atoms with E-state index in [9.17, 15) is 4.79 Å². The van der Waals surface area contributed by atoms with Gasteiger partial charge in [-0.1, -0.05) is 37.5 Å². The second-order valence-electron chi connectivity index (χ2n) is 9.31. The van der Waals surface area contributed by atoms with Crippen LogP contribution in [0.2, 0.25) is 0 Å². The summed E-state index contributed by atoms with van der Waals surface area (Å²) in [5, 5.41) is 6.19. The molecule has 2 amide bonds. The summed E-state index contributed by atoms with van der Waals surface area (Å²) in [5.74, 6) is 0.878. The van der Waals surface area contributed by atoms with Crippen molar-refractivity contribution in [2.45, 2.75) is 69.0 Å². The molecule has 1 aromatic carbocycles. The van der Waals surface area contributed by atoms with E-state index in [1.54, 1.807) is 0 Å². The lowest BCUT2D eigenvalue weighted by molar-refractivity contribution is 0.0257. The molecule has 176 valence electrons. The van der Waals surface area contributed by atoms with Crippen LogP contribution >= 0.6 is 0 Å². The summed E-state index contributed by atoms with van der Waals surface area (Å²) in [7, 11) is 0. The van der Waals surface area contributed by atoms with Gasteiger partial charge >= 0.3 is 6.03 Å². The molecule has 3 heterocycles. The molecular formula is C24H35N3O5. The molecule has 2 N–H and O–H groups in total. The number of hydrogen-bond acceptors (Lipinski definition) is 6. The van der Waals surface area contributed by atoms with Crippen LogP contribution in [0.25, 0.3) is 0 Å². The van der Waals surface area contributed by atoms with Crippen molar-refractivity contribution in [1.29, 1.82) is 0 Å². The van der Waals surface area contributed by atoms with Crippen LogP contribution in [-0.2, 0) is 20.8 Å². The first kappa shape index (κ1) is 21.9. The summed E-state index contributed by atoms with van der Waals surface area (Å²) in [6.45, 7) is 5.18. The van der Waals surface area contributed by atoms with Crippen molar-refractivity contribution in [2.24, 2.45) is 0 Å². The lowest BCUT2D eigenvalue weighted by Gasteiger charge is -2.28. The number of urea groups is 1. The number of benzene rings is 1. The van der Waals surface area contributed by atoms with Crippen LogP contribution in [0.15, 0.2) is 24.3 Å². The quantitative estimate of drug-likeness (QED) is 0.698. The summed E-state index contributed by atoms with van der Waals surface area (Å²) in [4.78, 5) is 14.9. The lowest BCUT2D eigenvalue weighted by atomic mass is 9.96. The zero-order chi connectivity index (χ0) is 21.8. The minimum absolute atomic E-state index is 0.116. The van der Waals surface area contributed by atoms with Crippen molar-refractivity contribution in [3.63, 3.8) is 0 Å². The molecule has 0 radical (unpaired) electrons. The van der Waals surface area contributed by atoms with Gasteiger partial charge in [0.15, 0.2) is 6.10 Å². The molecule has 4 fully saturated rings. The Kier molecular flexibility index (Phi) is 7.12. The molecule has 4 atom stereocenters. The number of para-hydroxylation sites is 1. The van der Waals surface area contributed by atoms with E-state index >= 15 is 0 Å². The van der Waals surface area contributed by atoms with Gasteiger partial charge in [0, 0.05) is 31.2 Å². The van der Waals surface area contributed by atoms with E-state index in [1.807, 2.05) is 18.2 Å². The van der Waals surface area contributed by atoms with Gasteiger partial charge in [0.2, 0.25) is 0 Å². The number of nitrogens with zero attached hydrogens (tertiary/aromatic N) is 1. The largest absolute Gasteiger partial charge is 0.485 e. The number of carbonyl (C=O) groups is 1. The minimum atomic E-state index is -0.181. The van der Waals surface area contributed by atoms with Crippen LogP contribution in [0.4, 0.5) is 4.79 Å². The number of rotatable bonds is 6. The SMILES string of the molecule is O=C(NC1CCCCC1)N[C@H]1CO[C@H]2[C@@H]1OC[C@@H]2Oc1ccccc1CN1CCOCC1. The molecule has 1 aromatic rings. The Labute approximate surface area is 189 Å². The summed E-state index contributed by atoms with van der Waals surface area (Å²) in [6, 6.07) is 8.20. The highest BCUT2D eigenvalue weighted by molar-refractivity contribution is 5.74. The average Bonchev–Trinajstić information content (AvgIpc) is 3.40. The molecular weight excluding hydrogens is 410 g/mol. The van der Waals surface area contributed by atoms with E-state index in [0.717, 1.165) is 57.0 Å². The van der Waals surface area contributed by atoms with Gasteiger partial charge in [-0.25, -0.2) is 4.79 Å². The summed E-state index contributed by atoms with van der Waals surface area (Å²) >= 11 is 0. The first-order chi connectivity index (χ1) is 15.8. The monoisotopic (exact) mass is 445 g/mol. The molecule has 0 bridgehead atoms. The van der Waals surface area contributed by atoms with Crippen molar-refractivity contribution >= 4 is 6.03 Å². The van der Waals surface area contributed by atoms with Crippen molar-refractivity contribution < 1.29 is 23.7 Å². The highest BCUT2D eigenvalue weighted by Crippen LogP contribution is 2.31. The van der Waals surface area contributed by atoms with Gasteiger partial charge in [0.1, 0.15) is 18.0 Å². The molecule has 1 saturated carbocycles. The molecule has 4 aliphatic rings. The first-order valence-electron chi connectivity index (χ1n) is 12.1. The van der Waals surface area contributed by atoms with Crippen LogP contribution in [-0.4, -0.2) is 80.8 Å². The van der Waals surface area contributed by atoms with Gasteiger partial charge in [-0.3, -0.25) is 4.90 Å². The second-order valence-corrected chi connectivity index (χ2v) is 9.31. The molecule has 8 heteroatoms. The summed E-state index contributed by atoms with van der Waals surface area (Å²) < 4.78 is 23.9. The summed E-state index contributed by atoms with van der Waals surface area (Å²) in [6.07, 6.45) is 5.25. The number of morpholine rings is 1. The number of nitrogens with one attached hydrogen (secondary N) is 2. The topological polar surface area (TPSA) is 81.3 Å². The van der Waals surface area contributed by atoms with Crippen LogP contribution < -0.4 is 15.4 Å².